The molecular formula is C13H12N4S2. The van der Waals surface area contributed by atoms with Gasteiger partial charge in [0.25, 0.3) is 0 Å². The molecular weight excluding hydrogens is 276 g/mol. The van der Waals surface area contributed by atoms with Crippen molar-refractivity contribution in [2.24, 2.45) is 0 Å². The van der Waals surface area contributed by atoms with Gasteiger partial charge in [-0.2, -0.15) is 0 Å². The summed E-state index contributed by atoms with van der Waals surface area (Å²) in [4.78, 5) is 14.2. The van der Waals surface area contributed by atoms with E-state index in [4.69, 9.17) is 0 Å². The van der Waals surface area contributed by atoms with Gasteiger partial charge in [-0.15, -0.1) is 22.7 Å². The number of anilines is 1. The van der Waals surface area contributed by atoms with Gasteiger partial charge in [0.05, 0.1) is 6.20 Å². The molecule has 6 heteroatoms. The fraction of sp³-hybridized carbons (Fsp3) is 0.154. The van der Waals surface area contributed by atoms with Crippen LogP contribution in [0.15, 0.2) is 41.5 Å². The van der Waals surface area contributed by atoms with Crippen LogP contribution in [0.2, 0.25) is 0 Å². The van der Waals surface area contributed by atoms with E-state index in [0.29, 0.717) is 0 Å². The average Bonchev–Trinajstić information content (AvgIpc) is 3.11. The van der Waals surface area contributed by atoms with Crippen molar-refractivity contribution >= 4 is 27.8 Å². The summed E-state index contributed by atoms with van der Waals surface area (Å²) < 4.78 is 0. The molecule has 0 aliphatic carbocycles. The minimum absolute atomic E-state index is 0.810. The Morgan fingerprint density at radius 3 is 2.95 bits per heavy atom. The van der Waals surface area contributed by atoms with Gasteiger partial charge >= 0.3 is 0 Å². The molecule has 3 aromatic rings. The van der Waals surface area contributed by atoms with E-state index in [1.54, 1.807) is 41.3 Å². The van der Waals surface area contributed by atoms with Crippen LogP contribution in [0.5, 0.6) is 0 Å². The van der Waals surface area contributed by atoms with E-state index in [1.807, 2.05) is 5.38 Å². The van der Waals surface area contributed by atoms with Crippen LogP contribution in [0.4, 0.5) is 5.13 Å². The van der Waals surface area contributed by atoms with Crippen LogP contribution in [0, 0.1) is 0 Å². The van der Waals surface area contributed by atoms with Crippen LogP contribution in [-0.2, 0) is 6.42 Å². The molecule has 96 valence electrons. The summed E-state index contributed by atoms with van der Waals surface area (Å²) in [7, 11) is 0. The van der Waals surface area contributed by atoms with Crippen molar-refractivity contribution in [3.8, 4) is 11.4 Å². The Labute approximate surface area is 119 Å². The number of hydrogen-bond acceptors (Lipinski definition) is 6. The van der Waals surface area contributed by atoms with Gasteiger partial charge in [-0.3, -0.25) is 9.97 Å². The van der Waals surface area contributed by atoms with Gasteiger partial charge in [-0.25, -0.2) is 4.98 Å². The van der Waals surface area contributed by atoms with E-state index >= 15 is 0 Å². The van der Waals surface area contributed by atoms with Crippen molar-refractivity contribution in [1.29, 1.82) is 0 Å². The quantitative estimate of drug-likeness (QED) is 0.782. The number of aromatic nitrogens is 3. The molecule has 0 fully saturated rings. The zero-order valence-electron chi connectivity index (χ0n) is 10.1. The maximum Gasteiger partial charge on any atom is 0.183 e. The van der Waals surface area contributed by atoms with Crippen molar-refractivity contribution in [3.05, 3.63) is 46.4 Å². The Morgan fingerprint density at radius 1 is 1.16 bits per heavy atom. The van der Waals surface area contributed by atoms with Gasteiger partial charge in [0.2, 0.25) is 0 Å². The first kappa shape index (κ1) is 12.3. The Kier molecular flexibility index (Phi) is 3.81. The topological polar surface area (TPSA) is 50.7 Å². The molecule has 0 atom stereocenters. The summed E-state index contributed by atoms with van der Waals surface area (Å²) in [6, 6.07) is 4.23. The molecule has 0 aliphatic heterocycles. The summed E-state index contributed by atoms with van der Waals surface area (Å²) in [5, 5.41) is 8.37. The first-order chi connectivity index (χ1) is 9.42. The predicted octanol–water partition coefficient (Wildman–Crippen LogP) is 3.32. The first-order valence-electron chi connectivity index (χ1n) is 5.90. The highest BCUT2D eigenvalue weighted by molar-refractivity contribution is 7.14. The second-order valence-corrected chi connectivity index (χ2v) is 5.78. The highest BCUT2D eigenvalue weighted by atomic mass is 32.1. The lowest BCUT2D eigenvalue weighted by Gasteiger charge is -2.00. The second-order valence-electron chi connectivity index (χ2n) is 3.88. The van der Waals surface area contributed by atoms with Crippen LogP contribution >= 0.6 is 22.7 Å². The molecule has 1 N–H and O–H groups in total. The van der Waals surface area contributed by atoms with Gasteiger partial charge in [-0.05, 0) is 17.9 Å². The molecule has 0 radical (unpaired) electrons. The zero-order chi connectivity index (χ0) is 12.9. The van der Waals surface area contributed by atoms with E-state index in [0.717, 1.165) is 29.5 Å². The van der Waals surface area contributed by atoms with Crippen LogP contribution in [0.3, 0.4) is 0 Å². The molecule has 0 saturated heterocycles. The number of nitrogens with one attached hydrogen (secondary N) is 1. The average molecular weight is 288 g/mol. The molecule has 4 nitrogen and oxygen atoms in total. The van der Waals surface area contributed by atoms with E-state index in [-0.39, 0.29) is 0 Å². The summed E-state index contributed by atoms with van der Waals surface area (Å²) in [6.07, 6.45) is 6.09. The Bertz CT molecular complexity index is 619. The second kappa shape index (κ2) is 5.90. The third kappa shape index (κ3) is 3.15. The molecule has 0 aliphatic rings. The minimum atomic E-state index is 0.810. The fourth-order valence-electron chi connectivity index (χ4n) is 1.65. The molecule has 0 saturated carbocycles. The van der Waals surface area contributed by atoms with Crippen molar-refractivity contribution in [2.45, 2.75) is 6.42 Å². The van der Waals surface area contributed by atoms with Gasteiger partial charge in [0, 0.05) is 29.2 Å². The molecule has 0 bridgehead atoms. The molecule has 3 heterocycles. The lowest BCUT2D eigenvalue weighted by atomic mass is 10.3. The van der Waals surface area contributed by atoms with Gasteiger partial charge in [-0.1, -0.05) is 6.07 Å². The fourth-order valence-corrected chi connectivity index (χ4v) is 3.09. The van der Waals surface area contributed by atoms with Crippen molar-refractivity contribution < 1.29 is 0 Å². The number of nitrogens with zero attached hydrogens (tertiary/aromatic N) is 3. The molecule has 0 aromatic carbocycles. The summed E-state index contributed by atoms with van der Waals surface area (Å²) in [5.74, 6) is 0. The number of thiazole rings is 1. The van der Waals surface area contributed by atoms with Crippen molar-refractivity contribution in [3.63, 3.8) is 0 Å². The number of rotatable bonds is 5. The van der Waals surface area contributed by atoms with Crippen molar-refractivity contribution in [1.82, 2.24) is 15.0 Å². The van der Waals surface area contributed by atoms with E-state index in [1.165, 1.54) is 4.88 Å². The highest BCUT2D eigenvalue weighted by Gasteiger charge is 2.05. The van der Waals surface area contributed by atoms with E-state index in [9.17, 15) is 0 Å². The Hall–Kier alpha value is -1.79. The molecule has 3 aromatic heterocycles. The maximum atomic E-state index is 4.51. The van der Waals surface area contributed by atoms with Gasteiger partial charge in [0.1, 0.15) is 11.4 Å². The summed E-state index contributed by atoms with van der Waals surface area (Å²) in [5.41, 5.74) is 1.68. The normalized spacial score (nSPS) is 10.5. The smallest absolute Gasteiger partial charge is 0.183 e. The molecule has 0 unspecified atom stereocenters. The monoisotopic (exact) mass is 288 g/mol. The van der Waals surface area contributed by atoms with Crippen LogP contribution in [-0.4, -0.2) is 21.5 Å². The molecule has 3 rings (SSSR count). The van der Waals surface area contributed by atoms with E-state index < -0.39 is 0 Å². The largest absolute Gasteiger partial charge is 0.361 e. The lowest BCUT2D eigenvalue weighted by molar-refractivity contribution is 1.04. The predicted molar refractivity (Wildman–Crippen MR) is 79.7 cm³/mol. The van der Waals surface area contributed by atoms with E-state index in [2.05, 4.69) is 37.8 Å². The summed E-state index contributed by atoms with van der Waals surface area (Å²) >= 11 is 3.38. The third-order valence-corrected chi connectivity index (χ3v) is 4.29. The standard InChI is InChI=1S/C13H12N4S2/c1-2-10(18-7-1)3-4-16-13-17-12(9-19-13)11-8-14-5-6-15-11/h1-2,5-9H,3-4H2,(H,16,17). The SMILES string of the molecule is c1csc(CCNc2nc(-c3cnccn3)cs2)c1. The van der Waals surface area contributed by atoms with Crippen LogP contribution in [0.1, 0.15) is 4.88 Å². The van der Waals surface area contributed by atoms with Crippen LogP contribution < -0.4 is 5.32 Å². The molecule has 0 amide bonds. The molecule has 0 spiro atoms. The van der Waals surface area contributed by atoms with Gasteiger partial charge < -0.3 is 5.32 Å². The Morgan fingerprint density at radius 2 is 2.16 bits per heavy atom. The van der Waals surface area contributed by atoms with Crippen molar-refractivity contribution in [2.75, 3.05) is 11.9 Å². The maximum absolute atomic E-state index is 4.51. The van der Waals surface area contributed by atoms with Crippen LogP contribution in [0.25, 0.3) is 11.4 Å². The Balaban J connectivity index is 1.59. The number of hydrogen-bond donors (Lipinski definition) is 1. The third-order valence-electron chi connectivity index (χ3n) is 2.56. The summed E-state index contributed by atoms with van der Waals surface area (Å²) in [6.45, 7) is 0.897. The zero-order valence-corrected chi connectivity index (χ0v) is 11.7. The van der Waals surface area contributed by atoms with Gasteiger partial charge in [0.15, 0.2) is 5.13 Å². The molecule has 19 heavy (non-hydrogen) atoms. The first-order valence-corrected chi connectivity index (χ1v) is 7.66. The lowest BCUT2D eigenvalue weighted by Crippen LogP contribution is -2.03. The number of thiophene rings is 1. The highest BCUT2D eigenvalue weighted by Crippen LogP contribution is 2.22. The minimum Gasteiger partial charge on any atom is -0.361 e.